The van der Waals surface area contributed by atoms with E-state index < -0.39 is 0 Å². The molecule has 0 aliphatic rings. The minimum absolute atomic E-state index is 0.188. The van der Waals surface area contributed by atoms with Crippen molar-refractivity contribution >= 4 is 22.9 Å². The summed E-state index contributed by atoms with van der Waals surface area (Å²) >= 11 is 7.93. The van der Waals surface area contributed by atoms with Crippen molar-refractivity contribution in [1.82, 2.24) is 10.3 Å². The van der Waals surface area contributed by atoms with Crippen LogP contribution in [0.5, 0.6) is 0 Å². The minimum atomic E-state index is 0.188. The lowest BCUT2D eigenvalue weighted by Crippen LogP contribution is -2.18. The molecule has 2 nitrogen and oxygen atoms in total. The van der Waals surface area contributed by atoms with E-state index in [2.05, 4.69) is 54.9 Å². The molecular weight excluding hydrogens is 324 g/mol. The Kier molecular flexibility index (Phi) is 5.11. The highest BCUT2D eigenvalue weighted by Gasteiger charge is 2.10. The molecule has 0 amide bonds. The normalized spacial score (nSPS) is 12.3. The second-order valence-corrected chi connectivity index (χ2v) is 6.90. The number of rotatable bonds is 5. The predicted octanol–water partition coefficient (Wildman–Crippen LogP) is 5.62. The van der Waals surface area contributed by atoms with Gasteiger partial charge in [-0.05, 0) is 25.5 Å². The third kappa shape index (κ3) is 3.99. The summed E-state index contributed by atoms with van der Waals surface area (Å²) in [4.78, 5) is 4.72. The van der Waals surface area contributed by atoms with E-state index in [1.165, 1.54) is 11.1 Å². The maximum Gasteiger partial charge on any atom is 0.123 e. The van der Waals surface area contributed by atoms with Crippen molar-refractivity contribution in [2.75, 3.05) is 0 Å². The Labute approximate surface area is 146 Å². The Balaban J connectivity index is 1.65. The van der Waals surface area contributed by atoms with Gasteiger partial charge in [-0.15, -0.1) is 11.3 Å². The molecule has 0 spiro atoms. The zero-order valence-corrected chi connectivity index (χ0v) is 14.8. The first-order valence-electron chi connectivity index (χ1n) is 7.63. The molecule has 0 unspecified atom stereocenters. The maximum absolute atomic E-state index is 6.24. The van der Waals surface area contributed by atoms with Crippen LogP contribution in [-0.2, 0) is 6.54 Å². The van der Waals surface area contributed by atoms with Gasteiger partial charge < -0.3 is 5.32 Å². The van der Waals surface area contributed by atoms with Crippen molar-refractivity contribution in [1.29, 1.82) is 0 Å². The Hall–Kier alpha value is -1.68. The number of aryl methyl sites for hydroxylation is 1. The van der Waals surface area contributed by atoms with Gasteiger partial charge in [0.25, 0.3) is 0 Å². The van der Waals surface area contributed by atoms with Crippen LogP contribution in [-0.4, -0.2) is 4.98 Å². The van der Waals surface area contributed by atoms with Gasteiger partial charge in [0, 0.05) is 28.6 Å². The van der Waals surface area contributed by atoms with Gasteiger partial charge in [0.1, 0.15) is 5.01 Å². The molecule has 3 rings (SSSR count). The number of benzene rings is 2. The van der Waals surface area contributed by atoms with Crippen molar-refractivity contribution in [3.63, 3.8) is 0 Å². The molecule has 0 aliphatic carbocycles. The summed E-state index contributed by atoms with van der Waals surface area (Å²) in [5, 5.41) is 7.46. The first-order valence-corrected chi connectivity index (χ1v) is 8.88. The van der Waals surface area contributed by atoms with Crippen molar-refractivity contribution in [3.8, 4) is 10.6 Å². The van der Waals surface area contributed by atoms with Gasteiger partial charge in [-0.1, -0.05) is 59.6 Å². The molecular formula is C19H19ClN2S. The van der Waals surface area contributed by atoms with E-state index in [0.717, 1.165) is 27.8 Å². The summed E-state index contributed by atoms with van der Waals surface area (Å²) in [5.41, 5.74) is 4.61. The molecule has 0 aliphatic heterocycles. The highest BCUT2D eigenvalue weighted by molar-refractivity contribution is 7.13. The van der Waals surface area contributed by atoms with E-state index in [4.69, 9.17) is 16.6 Å². The minimum Gasteiger partial charge on any atom is -0.304 e. The van der Waals surface area contributed by atoms with E-state index in [1.807, 2.05) is 18.2 Å². The molecule has 3 aromatic rings. The van der Waals surface area contributed by atoms with Crippen LogP contribution in [0.4, 0.5) is 0 Å². The van der Waals surface area contributed by atoms with Crippen molar-refractivity contribution < 1.29 is 0 Å². The van der Waals surface area contributed by atoms with Gasteiger partial charge in [-0.3, -0.25) is 0 Å². The van der Waals surface area contributed by atoms with Crippen LogP contribution in [0.1, 0.15) is 29.8 Å². The van der Waals surface area contributed by atoms with Crippen molar-refractivity contribution in [2.24, 2.45) is 0 Å². The first kappa shape index (κ1) is 16.2. The van der Waals surface area contributed by atoms with Crippen LogP contribution in [0.3, 0.4) is 0 Å². The van der Waals surface area contributed by atoms with Crippen molar-refractivity contribution in [3.05, 3.63) is 75.8 Å². The van der Waals surface area contributed by atoms with E-state index in [-0.39, 0.29) is 6.04 Å². The highest BCUT2D eigenvalue weighted by Crippen LogP contribution is 2.25. The largest absolute Gasteiger partial charge is 0.304 e. The molecule has 1 aromatic heterocycles. The average molecular weight is 343 g/mol. The summed E-state index contributed by atoms with van der Waals surface area (Å²) < 4.78 is 0. The fourth-order valence-electron chi connectivity index (χ4n) is 2.41. The number of hydrogen-bond donors (Lipinski definition) is 1. The van der Waals surface area contributed by atoms with E-state index in [1.54, 1.807) is 11.3 Å². The summed E-state index contributed by atoms with van der Waals surface area (Å²) in [6.45, 7) is 4.94. The molecule has 0 fully saturated rings. The number of thiazole rings is 1. The third-order valence-corrected chi connectivity index (χ3v) is 5.10. The number of aromatic nitrogens is 1. The van der Waals surface area contributed by atoms with Gasteiger partial charge in [-0.2, -0.15) is 0 Å². The molecule has 2 aromatic carbocycles. The zero-order valence-electron chi connectivity index (χ0n) is 13.2. The van der Waals surface area contributed by atoms with Crippen molar-refractivity contribution in [2.45, 2.75) is 26.4 Å². The SMILES string of the molecule is Cc1ccc(-c2nc(CN[C@H](C)c3ccccc3Cl)cs2)cc1. The van der Waals surface area contributed by atoms with Crippen LogP contribution in [0.2, 0.25) is 5.02 Å². The molecule has 0 saturated heterocycles. The smallest absolute Gasteiger partial charge is 0.123 e. The van der Waals surface area contributed by atoms with Crippen LogP contribution in [0.15, 0.2) is 53.9 Å². The van der Waals surface area contributed by atoms with Crippen LogP contribution in [0.25, 0.3) is 10.6 Å². The highest BCUT2D eigenvalue weighted by atomic mass is 35.5. The molecule has 118 valence electrons. The molecule has 1 N–H and O–H groups in total. The molecule has 0 radical (unpaired) electrons. The fourth-order valence-corrected chi connectivity index (χ4v) is 3.54. The summed E-state index contributed by atoms with van der Waals surface area (Å²) in [6.07, 6.45) is 0. The Morgan fingerprint density at radius 3 is 2.61 bits per heavy atom. The predicted molar refractivity (Wildman–Crippen MR) is 99.0 cm³/mol. The molecule has 4 heteroatoms. The molecule has 0 saturated carbocycles. The van der Waals surface area contributed by atoms with Gasteiger partial charge in [-0.25, -0.2) is 4.98 Å². The lowest BCUT2D eigenvalue weighted by molar-refractivity contribution is 0.569. The number of hydrogen-bond acceptors (Lipinski definition) is 3. The molecule has 1 heterocycles. The third-order valence-electron chi connectivity index (χ3n) is 3.81. The zero-order chi connectivity index (χ0) is 16.2. The van der Waals surface area contributed by atoms with E-state index in [9.17, 15) is 0 Å². The van der Waals surface area contributed by atoms with E-state index in [0.29, 0.717) is 0 Å². The Morgan fingerprint density at radius 1 is 1.13 bits per heavy atom. The average Bonchev–Trinajstić information content (AvgIpc) is 3.03. The fraction of sp³-hybridized carbons (Fsp3) is 0.211. The lowest BCUT2D eigenvalue weighted by Gasteiger charge is -2.14. The summed E-state index contributed by atoms with van der Waals surface area (Å²) in [5.74, 6) is 0. The standard InChI is InChI=1S/C19H19ClN2S/c1-13-7-9-15(10-8-13)19-22-16(12-23-19)11-21-14(2)17-5-3-4-6-18(17)20/h3-10,12,14,21H,11H2,1-2H3/t14-/m1/s1. The Bertz CT molecular complexity index is 780. The molecule has 23 heavy (non-hydrogen) atoms. The van der Waals surface area contributed by atoms with Gasteiger partial charge in [0.15, 0.2) is 0 Å². The summed E-state index contributed by atoms with van der Waals surface area (Å²) in [7, 11) is 0. The van der Waals surface area contributed by atoms with Crippen LogP contribution >= 0.6 is 22.9 Å². The number of nitrogens with zero attached hydrogens (tertiary/aromatic N) is 1. The van der Waals surface area contributed by atoms with E-state index >= 15 is 0 Å². The quantitative estimate of drug-likeness (QED) is 0.650. The topological polar surface area (TPSA) is 24.9 Å². The number of nitrogens with one attached hydrogen (secondary N) is 1. The van der Waals surface area contributed by atoms with Crippen LogP contribution < -0.4 is 5.32 Å². The lowest BCUT2D eigenvalue weighted by atomic mass is 10.1. The monoisotopic (exact) mass is 342 g/mol. The van der Waals surface area contributed by atoms with Gasteiger partial charge in [0.2, 0.25) is 0 Å². The first-order chi connectivity index (χ1) is 11.1. The maximum atomic E-state index is 6.24. The van der Waals surface area contributed by atoms with Gasteiger partial charge in [0.05, 0.1) is 5.69 Å². The number of halogens is 1. The molecule has 0 bridgehead atoms. The Morgan fingerprint density at radius 2 is 1.87 bits per heavy atom. The molecule has 1 atom stereocenters. The summed E-state index contributed by atoms with van der Waals surface area (Å²) in [6, 6.07) is 16.6. The second kappa shape index (κ2) is 7.26. The van der Waals surface area contributed by atoms with Gasteiger partial charge >= 0.3 is 0 Å². The second-order valence-electron chi connectivity index (χ2n) is 5.63. The van der Waals surface area contributed by atoms with Crippen LogP contribution in [0, 0.1) is 6.92 Å².